The Morgan fingerprint density at radius 2 is 2.00 bits per heavy atom. The highest BCUT2D eigenvalue weighted by atomic mass is 16.2. The third-order valence-corrected chi connectivity index (χ3v) is 5.07. The first-order valence-electron chi connectivity index (χ1n) is 8.89. The highest BCUT2D eigenvalue weighted by Gasteiger charge is 2.44. The molecule has 1 aliphatic heterocycles. The fraction of sp³-hybridized carbons (Fsp3) is 0.286. The molecule has 0 bridgehead atoms. The second-order valence-electron chi connectivity index (χ2n) is 6.81. The number of nitriles is 1. The molecule has 1 saturated carbocycles. The summed E-state index contributed by atoms with van der Waals surface area (Å²) >= 11 is 0. The van der Waals surface area contributed by atoms with E-state index in [1.54, 1.807) is 11.1 Å². The van der Waals surface area contributed by atoms with Gasteiger partial charge in [0, 0.05) is 12.0 Å². The first-order chi connectivity index (χ1) is 12.7. The Morgan fingerprint density at radius 1 is 1.19 bits per heavy atom. The summed E-state index contributed by atoms with van der Waals surface area (Å²) in [5.74, 6) is -0.0151. The van der Waals surface area contributed by atoms with E-state index in [1.165, 1.54) is 0 Å². The van der Waals surface area contributed by atoms with Gasteiger partial charge in [-0.1, -0.05) is 42.5 Å². The molecule has 0 saturated heterocycles. The monoisotopic (exact) mass is 344 g/mol. The average molecular weight is 344 g/mol. The van der Waals surface area contributed by atoms with Crippen molar-refractivity contribution in [2.45, 2.75) is 24.8 Å². The van der Waals surface area contributed by atoms with Crippen molar-refractivity contribution in [3.63, 3.8) is 0 Å². The van der Waals surface area contributed by atoms with Crippen molar-refractivity contribution in [2.24, 2.45) is 5.10 Å². The minimum atomic E-state index is -0.172. The normalized spacial score (nSPS) is 17.5. The predicted molar refractivity (Wildman–Crippen MR) is 99.4 cm³/mol. The first-order valence-corrected chi connectivity index (χ1v) is 8.89. The highest BCUT2D eigenvalue weighted by Crippen LogP contribution is 2.45. The van der Waals surface area contributed by atoms with Gasteiger partial charge in [-0.2, -0.15) is 10.4 Å². The lowest BCUT2D eigenvalue weighted by molar-refractivity contribution is -0.130. The number of carbonyl (C=O) groups is 1. The summed E-state index contributed by atoms with van der Waals surface area (Å²) in [6, 6.07) is 19.8. The summed E-state index contributed by atoms with van der Waals surface area (Å²) in [7, 11) is 0. The lowest BCUT2D eigenvalue weighted by Gasteiger charge is -2.19. The number of amides is 1. The quantitative estimate of drug-likeness (QED) is 0.907. The molecule has 0 aromatic heterocycles. The molecular formula is C21H20N4O. The second kappa shape index (κ2) is 6.74. The molecule has 0 spiro atoms. The maximum Gasteiger partial charge on any atom is 0.256 e. The number of hydrogen-bond acceptors (Lipinski definition) is 4. The third-order valence-electron chi connectivity index (χ3n) is 5.07. The van der Waals surface area contributed by atoms with Crippen LogP contribution in [0.25, 0.3) is 0 Å². The van der Waals surface area contributed by atoms with Gasteiger partial charge in [0.05, 0.1) is 30.4 Å². The van der Waals surface area contributed by atoms with Crippen molar-refractivity contribution < 1.29 is 4.79 Å². The number of hydrazone groups is 1. The number of benzene rings is 2. The van der Waals surface area contributed by atoms with Gasteiger partial charge in [-0.3, -0.25) is 10.1 Å². The van der Waals surface area contributed by atoms with Crippen LogP contribution >= 0.6 is 0 Å². The van der Waals surface area contributed by atoms with Gasteiger partial charge in [0.2, 0.25) is 0 Å². The van der Waals surface area contributed by atoms with Gasteiger partial charge in [0.15, 0.2) is 0 Å². The SMILES string of the molecule is N#Cc1cccc(C2(NCC(=O)N3CCC(c4ccccc4)=N3)CC2)c1. The fourth-order valence-electron chi connectivity index (χ4n) is 3.39. The molecule has 2 aliphatic rings. The molecule has 1 heterocycles. The van der Waals surface area contributed by atoms with E-state index in [4.69, 9.17) is 5.26 Å². The summed E-state index contributed by atoms with van der Waals surface area (Å²) < 4.78 is 0. The Hall–Kier alpha value is -2.97. The maximum absolute atomic E-state index is 12.6. The Kier molecular flexibility index (Phi) is 4.27. The van der Waals surface area contributed by atoms with E-state index in [2.05, 4.69) is 16.5 Å². The average Bonchev–Trinajstić information content (AvgIpc) is 3.33. The van der Waals surface area contributed by atoms with E-state index in [-0.39, 0.29) is 18.0 Å². The number of nitrogens with zero attached hydrogens (tertiary/aromatic N) is 3. The van der Waals surface area contributed by atoms with Crippen LogP contribution in [0, 0.1) is 11.3 Å². The molecule has 5 heteroatoms. The van der Waals surface area contributed by atoms with Crippen molar-refractivity contribution in [2.75, 3.05) is 13.1 Å². The molecule has 1 fully saturated rings. The van der Waals surface area contributed by atoms with Crippen molar-refractivity contribution >= 4 is 11.6 Å². The molecule has 1 aliphatic carbocycles. The zero-order chi connectivity index (χ0) is 18.0. The molecular weight excluding hydrogens is 324 g/mol. The Balaban J connectivity index is 1.40. The number of nitrogens with one attached hydrogen (secondary N) is 1. The topological polar surface area (TPSA) is 68.5 Å². The smallest absolute Gasteiger partial charge is 0.256 e. The molecule has 0 atom stereocenters. The van der Waals surface area contributed by atoms with Gasteiger partial charge in [0.25, 0.3) is 5.91 Å². The number of hydrogen-bond donors (Lipinski definition) is 1. The number of carbonyl (C=O) groups excluding carboxylic acids is 1. The molecule has 4 rings (SSSR count). The number of rotatable bonds is 5. The van der Waals surface area contributed by atoms with Crippen molar-refractivity contribution in [3.8, 4) is 6.07 Å². The van der Waals surface area contributed by atoms with Gasteiger partial charge < -0.3 is 0 Å². The minimum Gasteiger partial charge on any atom is -0.299 e. The Bertz CT molecular complexity index is 894. The Morgan fingerprint density at radius 3 is 2.73 bits per heavy atom. The van der Waals surface area contributed by atoms with Crippen molar-refractivity contribution in [1.82, 2.24) is 10.3 Å². The van der Waals surface area contributed by atoms with Gasteiger partial charge in [-0.05, 0) is 36.1 Å². The van der Waals surface area contributed by atoms with Crippen LogP contribution in [0.5, 0.6) is 0 Å². The molecule has 1 N–H and O–H groups in total. The fourth-order valence-corrected chi connectivity index (χ4v) is 3.39. The van der Waals surface area contributed by atoms with Gasteiger partial charge in [0.1, 0.15) is 0 Å². The van der Waals surface area contributed by atoms with E-state index in [9.17, 15) is 4.79 Å². The summed E-state index contributed by atoms with van der Waals surface area (Å²) in [5.41, 5.74) is 3.59. The second-order valence-corrected chi connectivity index (χ2v) is 6.81. The summed E-state index contributed by atoms with van der Waals surface area (Å²) in [4.78, 5) is 12.6. The van der Waals surface area contributed by atoms with Crippen LogP contribution in [0.1, 0.15) is 36.0 Å². The van der Waals surface area contributed by atoms with E-state index < -0.39 is 0 Å². The molecule has 5 nitrogen and oxygen atoms in total. The van der Waals surface area contributed by atoms with Crippen LogP contribution < -0.4 is 5.32 Å². The molecule has 130 valence electrons. The first kappa shape index (κ1) is 16.5. The van der Waals surface area contributed by atoms with Crippen LogP contribution in [0.2, 0.25) is 0 Å². The summed E-state index contributed by atoms with van der Waals surface area (Å²) in [6.45, 7) is 0.879. The van der Waals surface area contributed by atoms with Gasteiger partial charge >= 0.3 is 0 Å². The van der Waals surface area contributed by atoms with Crippen molar-refractivity contribution in [1.29, 1.82) is 5.26 Å². The van der Waals surface area contributed by atoms with E-state index in [0.717, 1.165) is 36.1 Å². The lowest BCUT2D eigenvalue weighted by atomic mass is 10.0. The van der Waals surface area contributed by atoms with Gasteiger partial charge in [-0.25, -0.2) is 5.01 Å². The molecule has 0 radical (unpaired) electrons. The zero-order valence-corrected chi connectivity index (χ0v) is 14.5. The summed E-state index contributed by atoms with van der Waals surface area (Å²) in [6.07, 6.45) is 2.74. The zero-order valence-electron chi connectivity index (χ0n) is 14.5. The summed E-state index contributed by atoms with van der Waals surface area (Å²) in [5, 5.41) is 18.5. The standard InChI is InChI=1S/C21H20N4O/c22-14-16-5-4-8-18(13-16)21(10-11-21)23-15-20(26)25-12-9-19(24-25)17-6-2-1-3-7-17/h1-8,13,23H,9-12,15H2. The van der Waals surface area contributed by atoms with Crippen molar-refractivity contribution in [3.05, 3.63) is 71.3 Å². The molecule has 0 unspecified atom stereocenters. The Labute approximate surface area is 152 Å². The molecule has 1 amide bonds. The highest BCUT2D eigenvalue weighted by molar-refractivity contribution is 6.02. The van der Waals surface area contributed by atoms with Crippen LogP contribution in [-0.2, 0) is 10.3 Å². The largest absolute Gasteiger partial charge is 0.299 e. The van der Waals surface area contributed by atoms with Crippen LogP contribution in [0.3, 0.4) is 0 Å². The molecule has 26 heavy (non-hydrogen) atoms. The molecule has 2 aromatic carbocycles. The van der Waals surface area contributed by atoms with Gasteiger partial charge in [-0.15, -0.1) is 0 Å². The lowest BCUT2D eigenvalue weighted by Crippen LogP contribution is -2.39. The van der Waals surface area contributed by atoms with Crippen LogP contribution in [0.15, 0.2) is 59.7 Å². The van der Waals surface area contributed by atoms with Crippen LogP contribution in [-0.4, -0.2) is 29.7 Å². The van der Waals surface area contributed by atoms with E-state index in [1.807, 2.05) is 48.5 Å². The predicted octanol–water partition coefficient (Wildman–Crippen LogP) is 2.77. The minimum absolute atomic E-state index is 0.0151. The van der Waals surface area contributed by atoms with E-state index in [0.29, 0.717) is 12.1 Å². The maximum atomic E-state index is 12.6. The third kappa shape index (κ3) is 3.24. The molecule has 2 aromatic rings. The van der Waals surface area contributed by atoms with Crippen LogP contribution in [0.4, 0.5) is 0 Å². The van der Waals surface area contributed by atoms with E-state index >= 15 is 0 Å².